The van der Waals surface area contributed by atoms with Crippen LogP contribution < -0.4 is 4.74 Å². The van der Waals surface area contributed by atoms with E-state index >= 15 is 0 Å². The highest BCUT2D eigenvalue weighted by Crippen LogP contribution is 2.20. The molecule has 0 unspecified atom stereocenters. The van der Waals surface area contributed by atoms with Crippen LogP contribution in [0.1, 0.15) is 11.4 Å². The Morgan fingerprint density at radius 2 is 2.07 bits per heavy atom. The van der Waals surface area contributed by atoms with Gasteiger partial charge in [-0.3, -0.25) is 0 Å². The van der Waals surface area contributed by atoms with E-state index in [2.05, 4.69) is 32.6 Å². The fourth-order valence-electron chi connectivity index (χ4n) is 2.44. The van der Waals surface area contributed by atoms with Gasteiger partial charge in [0.2, 0.25) is 0 Å². The van der Waals surface area contributed by atoms with E-state index in [-0.39, 0.29) is 23.8 Å². The quantitative estimate of drug-likeness (QED) is 0.236. The number of halogens is 1. The lowest BCUT2D eigenvalue weighted by Gasteiger charge is -2.08. The van der Waals surface area contributed by atoms with E-state index in [4.69, 9.17) is 9.47 Å². The van der Waals surface area contributed by atoms with Crippen molar-refractivity contribution in [2.75, 3.05) is 13.2 Å². The van der Waals surface area contributed by atoms with Gasteiger partial charge < -0.3 is 19.6 Å². The summed E-state index contributed by atoms with van der Waals surface area (Å²) < 4.78 is 11.5. The van der Waals surface area contributed by atoms with Crippen LogP contribution in [0.3, 0.4) is 0 Å². The minimum absolute atomic E-state index is 0.0850. The number of hydrogen-bond donors (Lipinski definition) is 2. The number of aromatic amines is 1. The summed E-state index contributed by atoms with van der Waals surface area (Å²) in [5.74, 6) is -0.290. The summed E-state index contributed by atoms with van der Waals surface area (Å²) in [4.78, 5) is 19.1. The van der Waals surface area contributed by atoms with Crippen molar-refractivity contribution in [1.82, 2.24) is 9.97 Å². The predicted molar refractivity (Wildman–Crippen MR) is 112 cm³/mol. The number of nitriles is 1. The summed E-state index contributed by atoms with van der Waals surface area (Å²) in [5.41, 5.74) is 2.35. The topological polar surface area (TPSA) is 108 Å². The highest BCUT2D eigenvalue weighted by Gasteiger charge is 2.15. The molecule has 0 aliphatic rings. The van der Waals surface area contributed by atoms with Crippen LogP contribution in [0.2, 0.25) is 0 Å². The summed E-state index contributed by atoms with van der Waals surface area (Å²) in [6.45, 7) is 1.19. The highest BCUT2D eigenvalue weighted by atomic mass is 127. The third kappa shape index (κ3) is 4.61. The number of imidazole rings is 1. The summed E-state index contributed by atoms with van der Waals surface area (Å²) in [5, 5.41) is 19.5. The molecule has 3 aromatic rings. The Bertz CT molecular complexity index is 1070. The smallest absolute Gasteiger partial charge is 0.344 e. The second kappa shape index (κ2) is 8.75. The highest BCUT2D eigenvalue weighted by molar-refractivity contribution is 14.1. The zero-order valence-corrected chi connectivity index (χ0v) is 17.1. The number of nitrogens with one attached hydrogen (secondary N) is 1. The molecule has 28 heavy (non-hydrogen) atoms. The molecule has 3 rings (SSSR count). The molecule has 0 atom stereocenters. The van der Waals surface area contributed by atoms with E-state index in [9.17, 15) is 15.2 Å². The molecule has 0 bridgehead atoms. The Balaban J connectivity index is 1.62. The van der Waals surface area contributed by atoms with E-state index in [0.717, 1.165) is 14.7 Å². The van der Waals surface area contributed by atoms with Crippen LogP contribution in [0.15, 0.2) is 48.2 Å². The van der Waals surface area contributed by atoms with Gasteiger partial charge >= 0.3 is 5.97 Å². The number of esters is 1. The summed E-state index contributed by atoms with van der Waals surface area (Å²) >= 11 is 2.21. The van der Waals surface area contributed by atoms with E-state index < -0.39 is 12.6 Å². The van der Waals surface area contributed by atoms with Crippen LogP contribution >= 0.6 is 22.6 Å². The van der Waals surface area contributed by atoms with Crippen molar-refractivity contribution >= 4 is 45.2 Å². The van der Waals surface area contributed by atoms with Crippen LogP contribution in [0.4, 0.5) is 0 Å². The molecule has 7 nitrogen and oxygen atoms in total. The Labute approximate surface area is 174 Å². The molecule has 0 saturated heterocycles. The fraction of sp³-hybridized carbons (Fsp3) is 0.150. The number of allylic oxidation sites excluding steroid dienone is 1. The summed E-state index contributed by atoms with van der Waals surface area (Å²) in [6.07, 6.45) is 0. The minimum atomic E-state index is -0.662. The van der Waals surface area contributed by atoms with Gasteiger partial charge in [-0.05, 0) is 65.4 Å². The fourth-order valence-corrected chi connectivity index (χ4v) is 2.77. The lowest BCUT2D eigenvalue weighted by molar-refractivity contribution is -0.145. The number of carbonyl (C=O) groups excluding carboxylic acids is 1. The third-order valence-corrected chi connectivity index (χ3v) is 5.09. The number of fused-ring (bicyclic) bond motifs is 1. The monoisotopic (exact) mass is 489 g/mol. The van der Waals surface area contributed by atoms with Crippen molar-refractivity contribution in [3.8, 4) is 11.8 Å². The number of nitrogens with zero attached hydrogens (tertiary/aromatic N) is 2. The van der Waals surface area contributed by atoms with Gasteiger partial charge in [-0.2, -0.15) is 5.26 Å². The summed E-state index contributed by atoms with van der Waals surface area (Å²) in [7, 11) is 0. The lowest BCUT2D eigenvalue weighted by Crippen LogP contribution is -2.16. The Morgan fingerprint density at radius 3 is 2.79 bits per heavy atom. The average Bonchev–Trinajstić information content (AvgIpc) is 3.11. The second-order valence-corrected chi connectivity index (χ2v) is 7.06. The number of aryl methyl sites for hydroxylation is 1. The van der Waals surface area contributed by atoms with Gasteiger partial charge in [-0.1, -0.05) is 12.1 Å². The number of ether oxygens (including phenoxy) is 2. The van der Waals surface area contributed by atoms with Crippen molar-refractivity contribution in [3.05, 3.63) is 63.2 Å². The molecule has 0 saturated carbocycles. The predicted octanol–water partition coefficient (Wildman–Crippen LogP) is 3.89. The molecule has 0 spiro atoms. The third-order valence-electron chi connectivity index (χ3n) is 3.88. The van der Waals surface area contributed by atoms with Crippen molar-refractivity contribution in [2.24, 2.45) is 0 Å². The van der Waals surface area contributed by atoms with E-state index in [1.165, 1.54) is 0 Å². The van der Waals surface area contributed by atoms with E-state index in [0.29, 0.717) is 11.3 Å². The van der Waals surface area contributed by atoms with Gasteiger partial charge in [0.1, 0.15) is 24.0 Å². The first-order valence-electron chi connectivity index (χ1n) is 8.30. The number of aliphatic hydroxyl groups is 1. The van der Waals surface area contributed by atoms with Gasteiger partial charge in [-0.15, -0.1) is 0 Å². The standard InChI is InChI=1S/C20H16IN3O4/c1-12-8-13(6-7-15(12)21)27-11-19(26)28-10-18(25)14(9-22)20-23-16-4-2-3-5-17(16)24-20/h2-8,25H,10-11H2,1H3,(H,23,24). The molecule has 0 radical (unpaired) electrons. The molecule has 8 heteroatoms. The number of para-hydroxylation sites is 2. The van der Waals surface area contributed by atoms with Gasteiger partial charge in [0.25, 0.3) is 0 Å². The number of H-pyrrole nitrogens is 1. The number of hydrogen-bond acceptors (Lipinski definition) is 6. The molecular weight excluding hydrogens is 473 g/mol. The summed E-state index contributed by atoms with van der Waals surface area (Å²) in [6, 6.07) is 14.6. The maximum atomic E-state index is 11.9. The normalized spacial score (nSPS) is 11.6. The number of rotatable bonds is 6. The molecule has 0 aliphatic heterocycles. The number of aromatic nitrogens is 2. The number of carbonyl (C=O) groups is 1. The average molecular weight is 489 g/mol. The molecule has 1 heterocycles. The molecule has 2 N–H and O–H groups in total. The first kappa shape index (κ1) is 19.7. The van der Waals surface area contributed by atoms with Crippen molar-refractivity contribution in [2.45, 2.75) is 6.92 Å². The first-order valence-corrected chi connectivity index (χ1v) is 9.37. The van der Waals surface area contributed by atoms with E-state index in [1.54, 1.807) is 12.1 Å². The molecular formula is C20H16IN3O4. The minimum Gasteiger partial charge on any atom is -0.507 e. The molecule has 0 fully saturated rings. The Morgan fingerprint density at radius 1 is 1.29 bits per heavy atom. The largest absolute Gasteiger partial charge is 0.507 e. The molecule has 1 aromatic heterocycles. The van der Waals surface area contributed by atoms with Crippen molar-refractivity contribution in [3.63, 3.8) is 0 Å². The van der Waals surface area contributed by atoms with Crippen LogP contribution in [0, 0.1) is 21.8 Å². The maximum Gasteiger partial charge on any atom is 0.344 e. The van der Waals surface area contributed by atoms with Crippen molar-refractivity contribution < 1.29 is 19.4 Å². The van der Waals surface area contributed by atoms with Gasteiger partial charge in [0.05, 0.1) is 11.0 Å². The Kier molecular flexibility index (Phi) is 6.16. The molecule has 142 valence electrons. The zero-order chi connectivity index (χ0) is 20.1. The molecule has 0 amide bonds. The maximum absolute atomic E-state index is 11.9. The van der Waals surface area contributed by atoms with Crippen LogP contribution in [0.25, 0.3) is 16.6 Å². The molecule has 0 aliphatic carbocycles. The van der Waals surface area contributed by atoms with Crippen LogP contribution in [-0.4, -0.2) is 34.3 Å². The number of aliphatic hydroxyl groups excluding tert-OH is 1. The SMILES string of the molecule is Cc1cc(OCC(=O)OCC(O)=C(C#N)c2nc3ccccc3[nH]2)ccc1I. The van der Waals surface area contributed by atoms with Gasteiger partial charge in [0.15, 0.2) is 18.2 Å². The second-order valence-electron chi connectivity index (χ2n) is 5.90. The van der Waals surface area contributed by atoms with Crippen LogP contribution in [0.5, 0.6) is 5.75 Å². The lowest BCUT2D eigenvalue weighted by atomic mass is 10.2. The van der Waals surface area contributed by atoms with Crippen molar-refractivity contribution in [1.29, 1.82) is 5.26 Å². The first-order chi connectivity index (χ1) is 13.5. The van der Waals surface area contributed by atoms with Crippen LogP contribution in [-0.2, 0) is 9.53 Å². The Hall–Kier alpha value is -3.06. The number of benzene rings is 2. The van der Waals surface area contributed by atoms with E-state index in [1.807, 2.05) is 43.3 Å². The zero-order valence-electron chi connectivity index (χ0n) is 14.9. The van der Waals surface area contributed by atoms with Gasteiger partial charge in [0, 0.05) is 3.57 Å². The molecule has 2 aromatic carbocycles. The van der Waals surface area contributed by atoms with Gasteiger partial charge in [-0.25, -0.2) is 9.78 Å².